The highest BCUT2D eigenvalue weighted by molar-refractivity contribution is 6.29. The minimum Gasteiger partial charge on any atom is -0.494 e. The first kappa shape index (κ1) is 18.6. The van der Waals surface area contributed by atoms with Gasteiger partial charge in [0.15, 0.2) is 11.6 Å². The highest BCUT2D eigenvalue weighted by Gasteiger charge is 2.21. The molecule has 2 aromatic rings. The van der Waals surface area contributed by atoms with E-state index in [4.69, 9.17) is 16.3 Å². The van der Waals surface area contributed by atoms with E-state index in [9.17, 15) is 9.18 Å². The second kappa shape index (κ2) is 8.47. The molecular formula is C19H21ClFN3O2. The van der Waals surface area contributed by atoms with Gasteiger partial charge in [-0.05, 0) is 42.7 Å². The molecule has 26 heavy (non-hydrogen) atoms. The van der Waals surface area contributed by atoms with Gasteiger partial charge in [-0.3, -0.25) is 9.69 Å². The maximum Gasteiger partial charge on any atom is 0.251 e. The van der Waals surface area contributed by atoms with Gasteiger partial charge in [0.2, 0.25) is 0 Å². The molecule has 0 aliphatic carbocycles. The monoisotopic (exact) mass is 377 g/mol. The van der Waals surface area contributed by atoms with Crippen molar-refractivity contribution < 1.29 is 13.9 Å². The van der Waals surface area contributed by atoms with Gasteiger partial charge in [-0.25, -0.2) is 9.37 Å². The minimum atomic E-state index is -0.344. The zero-order valence-corrected chi connectivity index (χ0v) is 15.3. The summed E-state index contributed by atoms with van der Waals surface area (Å²) in [5.41, 5.74) is 1.43. The third-order valence-electron chi connectivity index (χ3n) is 4.53. The highest BCUT2D eigenvalue weighted by Crippen LogP contribution is 2.20. The fourth-order valence-electron chi connectivity index (χ4n) is 3.11. The molecule has 0 bridgehead atoms. The van der Waals surface area contributed by atoms with E-state index in [1.807, 2.05) is 6.07 Å². The van der Waals surface area contributed by atoms with E-state index in [1.54, 1.807) is 18.2 Å². The Kier molecular flexibility index (Phi) is 6.06. The molecular weight excluding hydrogens is 357 g/mol. The number of halogens is 2. The maximum absolute atomic E-state index is 13.8. The van der Waals surface area contributed by atoms with Gasteiger partial charge < -0.3 is 10.1 Å². The van der Waals surface area contributed by atoms with Crippen LogP contribution in [0.2, 0.25) is 5.15 Å². The number of aromatic nitrogens is 1. The third kappa shape index (κ3) is 4.71. The van der Waals surface area contributed by atoms with Gasteiger partial charge in [-0.15, -0.1) is 0 Å². The first-order valence-corrected chi connectivity index (χ1v) is 8.90. The van der Waals surface area contributed by atoms with Gasteiger partial charge in [0, 0.05) is 37.4 Å². The Bertz CT molecular complexity index is 779. The standard InChI is InChI=1S/C19H21ClFN3O2/c1-26-17-3-2-13(10-16(17)21)12-24-8-5-15(6-9-24)23-19(25)14-4-7-22-18(20)11-14/h2-4,7,10-11,15H,5-6,8-9,12H2,1H3,(H,23,25). The Hall–Kier alpha value is -2.18. The predicted molar refractivity (Wildman–Crippen MR) is 98.0 cm³/mol. The second-order valence-corrected chi connectivity index (χ2v) is 6.75. The molecule has 1 amide bonds. The van der Waals surface area contributed by atoms with Crippen molar-refractivity contribution in [3.8, 4) is 5.75 Å². The number of hydrogen-bond donors (Lipinski definition) is 1. The smallest absolute Gasteiger partial charge is 0.251 e. The van der Waals surface area contributed by atoms with E-state index in [-0.39, 0.29) is 23.5 Å². The van der Waals surface area contributed by atoms with Crippen LogP contribution in [0.15, 0.2) is 36.5 Å². The summed E-state index contributed by atoms with van der Waals surface area (Å²) in [4.78, 5) is 18.4. The summed E-state index contributed by atoms with van der Waals surface area (Å²) in [6, 6.07) is 8.37. The summed E-state index contributed by atoms with van der Waals surface area (Å²) in [5.74, 6) is -0.223. The Morgan fingerprint density at radius 1 is 1.35 bits per heavy atom. The van der Waals surface area contributed by atoms with Crippen LogP contribution in [-0.4, -0.2) is 42.0 Å². The van der Waals surface area contributed by atoms with E-state index in [0.29, 0.717) is 17.3 Å². The van der Waals surface area contributed by atoms with Gasteiger partial charge >= 0.3 is 0 Å². The van der Waals surface area contributed by atoms with Crippen LogP contribution in [-0.2, 0) is 6.54 Å². The summed E-state index contributed by atoms with van der Waals surface area (Å²) >= 11 is 5.83. The molecule has 0 unspecified atom stereocenters. The van der Waals surface area contributed by atoms with Crippen LogP contribution in [0.3, 0.4) is 0 Å². The molecule has 0 radical (unpaired) electrons. The van der Waals surface area contributed by atoms with Crippen LogP contribution in [0, 0.1) is 5.82 Å². The highest BCUT2D eigenvalue weighted by atomic mass is 35.5. The summed E-state index contributed by atoms with van der Waals surface area (Å²) in [5, 5.41) is 3.35. The number of piperidine rings is 1. The molecule has 1 fully saturated rings. The number of methoxy groups -OCH3 is 1. The third-order valence-corrected chi connectivity index (χ3v) is 4.74. The first-order valence-electron chi connectivity index (χ1n) is 8.52. The van der Waals surface area contributed by atoms with Gasteiger partial charge in [0.1, 0.15) is 5.15 Å². The number of benzene rings is 1. The summed E-state index contributed by atoms with van der Waals surface area (Å²) < 4.78 is 18.7. The van der Waals surface area contributed by atoms with E-state index >= 15 is 0 Å². The molecule has 138 valence electrons. The molecule has 1 saturated heterocycles. The maximum atomic E-state index is 13.8. The first-order chi connectivity index (χ1) is 12.5. The number of rotatable bonds is 5. The lowest BCUT2D eigenvalue weighted by Gasteiger charge is -2.32. The molecule has 1 aliphatic rings. The van der Waals surface area contributed by atoms with Crippen LogP contribution >= 0.6 is 11.6 Å². The number of carbonyl (C=O) groups is 1. The molecule has 1 aromatic heterocycles. The molecule has 7 heteroatoms. The predicted octanol–water partition coefficient (Wildman–Crippen LogP) is 3.28. The molecule has 5 nitrogen and oxygen atoms in total. The van der Waals surface area contributed by atoms with Crippen molar-refractivity contribution in [3.63, 3.8) is 0 Å². The Morgan fingerprint density at radius 2 is 2.12 bits per heavy atom. The molecule has 1 aromatic carbocycles. The van der Waals surface area contributed by atoms with Gasteiger partial charge in [0.05, 0.1) is 7.11 Å². The largest absolute Gasteiger partial charge is 0.494 e. The van der Waals surface area contributed by atoms with Crippen molar-refractivity contribution in [2.75, 3.05) is 20.2 Å². The van der Waals surface area contributed by atoms with Crippen molar-refractivity contribution >= 4 is 17.5 Å². The summed E-state index contributed by atoms with van der Waals surface area (Å²) in [7, 11) is 1.46. The Morgan fingerprint density at radius 3 is 2.77 bits per heavy atom. The molecule has 1 N–H and O–H groups in total. The van der Waals surface area contributed by atoms with Gasteiger partial charge in [0.25, 0.3) is 5.91 Å². The molecule has 0 spiro atoms. The zero-order chi connectivity index (χ0) is 18.5. The number of ether oxygens (including phenoxy) is 1. The van der Waals surface area contributed by atoms with E-state index in [0.717, 1.165) is 31.5 Å². The number of pyridine rings is 1. The SMILES string of the molecule is COc1ccc(CN2CCC(NC(=O)c3ccnc(Cl)c3)CC2)cc1F. The summed E-state index contributed by atoms with van der Waals surface area (Å²) in [6.07, 6.45) is 3.22. The number of amides is 1. The van der Waals surface area contributed by atoms with Crippen molar-refractivity contribution in [3.05, 3.63) is 58.6 Å². The van der Waals surface area contributed by atoms with Crippen LogP contribution < -0.4 is 10.1 Å². The molecule has 3 rings (SSSR count). The van der Waals surface area contributed by atoms with Crippen molar-refractivity contribution in [1.82, 2.24) is 15.2 Å². The lowest BCUT2D eigenvalue weighted by Crippen LogP contribution is -2.44. The zero-order valence-electron chi connectivity index (χ0n) is 14.5. The topological polar surface area (TPSA) is 54.5 Å². The van der Waals surface area contributed by atoms with E-state index < -0.39 is 0 Å². The number of nitrogens with one attached hydrogen (secondary N) is 1. The average Bonchev–Trinajstić information content (AvgIpc) is 2.63. The Labute approximate surface area is 157 Å². The Balaban J connectivity index is 1.49. The average molecular weight is 378 g/mol. The molecule has 0 saturated carbocycles. The molecule has 0 atom stereocenters. The lowest BCUT2D eigenvalue weighted by molar-refractivity contribution is 0.0908. The van der Waals surface area contributed by atoms with Crippen LogP contribution in [0.1, 0.15) is 28.8 Å². The summed E-state index contributed by atoms with van der Waals surface area (Å²) in [6.45, 7) is 2.37. The van der Waals surface area contributed by atoms with Crippen LogP contribution in [0.5, 0.6) is 5.75 Å². The fourth-order valence-corrected chi connectivity index (χ4v) is 3.29. The minimum absolute atomic E-state index is 0.123. The van der Waals surface area contributed by atoms with Gasteiger partial charge in [-0.2, -0.15) is 0 Å². The van der Waals surface area contributed by atoms with Crippen molar-refractivity contribution in [2.24, 2.45) is 0 Å². The van der Waals surface area contributed by atoms with E-state index in [2.05, 4.69) is 15.2 Å². The molecule has 2 heterocycles. The fraction of sp³-hybridized carbons (Fsp3) is 0.368. The number of likely N-dealkylation sites (tertiary alicyclic amines) is 1. The van der Waals surface area contributed by atoms with Crippen molar-refractivity contribution in [2.45, 2.75) is 25.4 Å². The molecule has 1 aliphatic heterocycles. The quantitative estimate of drug-likeness (QED) is 0.812. The van der Waals surface area contributed by atoms with Crippen LogP contribution in [0.25, 0.3) is 0 Å². The lowest BCUT2D eigenvalue weighted by atomic mass is 10.0. The van der Waals surface area contributed by atoms with E-state index in [1.165, 1.54) is 19.4 Å². The number of hydrogen-bond acceptors (Lipinski definition) is 4. The second-order valence-electron chi connectivity index (χ2n) is 6.36. The number of carbonyl (C=O) groups excluding carboxylic acids is 1. The van der Waals surface area contributed by atoms with Crippen LogP contribution in [0.4, 0.5) is 4.39 Å². The van der Waals surface area contributed by atoms with Crippen molar-refractivity contribution in [1.29, 1.82) is 0 Å². The number of nitrogens with zero attached hydrogens (tertiary/aromatic N) is 2. The van der Waals surface area contributed by atoms with Gasteiger partial charge in [-0.1, -0.05) is 17.7 Å². The normalized spacial score (nSPS) is 15.7.